The zero-order valence-electron chi connectivity index (χ0n) is 5.70. The second-order valence-corrected chi connectivity index (χ2v) is 1.87. The van der Waals surface area contributed by atoms with Gasteiger partial charge in [-0.2, -0.15) is 0 Å². The summed E-state index contributed by atoms with van der Waals surface area (Å²) in [5.41, 5.74) is 1.38. The smallest absolute Gasteiger partial charge is 0.382 e. The minimum atomic E-state index is 0.560. The minimum absolute atomic E-state index is 0.560. The second kappa shape index (κ2) is 2.83. The third kappa shape index (κ3) is 1.06. The summed E-state index contributed by atoms with van der Waals surface area (Å²) in [4.78, 5) is 3.08. The van der Waals surface area contributed by atoms with Crippen LogP contribution in [0.1, 0.15) is 0 Å². The molecule has 50 valence electrons. The first kappa shape index (κ1) is 6.56. The molecule has 0 unspecified atom stereocenters. The van der Waals surface area contributed by atoms with E-state index < -0.39 is 0 Å². The molecule has 0 saturated heterocycles. The van der Waals surface area contributed by atoms with Gasteiger partial charge in [-0.3, -0.25) is 0 Å². The normalized spacial score (nSPS) is 8.40. The number of nitrogens with one attached hydrogen (secondary N) is 1. The van der Waals surface area contributed by atoms with Gasteiger partial charge < -0.3 is 5.32 Å². The highest BCUT2D eigenvalue weighted by Gasteiger charge is 2.08. The van der Waals surface area contributed by atoms with Gasteiger partial charge in [0.15, 0.2) is 4.98 Å². The van der Waals surface area contributed by atoms with Crippen molar-refractivity contribution in [3.63, 3.8) is 0 Å². The number of para-hydroxylation sites is 1. The molecule has 0 bridgehead atoms. The van der Waals surface area contributed by atoms with Gasteiger partial charge in [-0.05, 0) is 6.07 Å². The molecule has 3 heteroatoms. The molecule has 0 aliphatic heterocycles. The van der Waals surface area contributed by atoms with Crippen LogP contribution in [0, 0.1) is 5.39 Å². The number of benzene rings is 1. The van der Waals surface area contributed by atoms with Crippen LogP contribution in [0.15, 0.2) is 24.3 Å². The molecule has 1 rings (SSSR count). The molecule has 10 heavy (non-hydrogen) atoms. The van der Waals surface area contributed by atoms with Crippen molar-refractivity contribution in [2.45, 2.75) is 0 Å². The molecule has 1 aromatic rings. The number of rotatable bonds is 1. The molecule has 0 aromatic heterocycles. The molecule has 1 N–H and O–H groups in total. The molecule has 0 fully saturated rings. The van der Waals surface area contributed by atoms with Crippen LogP contribution in [0.2, 0.25) is 0 Å². The minimum Gasteiger partial charge on any atom is -0.382 e. The molecule has 0 heterocycles. The van der Waals surface area contributed by atoms with Gasteiger partial charge in [-0.1, -0.05) is 12.1 Å². The highest BCUT2D eigenvalue weighted by Crippen LogP contribution is 2.22. The number of hydrogen-bond donors (Lipinski definition) is 1. The number of diazo groups is 1. The predicted molar refractivity (Wildman–Crippen MR) is 40.7 cm³/mol. The van der Waals surface area contributed by atoms with E-state index in [9.17, 15) is 0 Å². The fourth-order valence-electron chi connectivity index (χ4n) is 0.772. The molecule has 1 aromatic carbocycles. The fourth-order valence-corrected chi connectivity index (χ4v) is 0.772. The van der Waals surface area contributed by atoms with Crippen LogP contribution in [0.5, 0.6) is 0 Å². The molecule has 0 amide bonds. The van der Waals surface area contributed by atoms with Crippen LogP contribution in [0.25, 0.3) is 4.98 Å². The van der Waals surface area contributed by atoms with Gasteiger partial charge >= 0.3 is 5.69 Å². The lowest BCUT2D eigenvalue weighted by molar-refractivity contribution is 1.44. The van der Waals surface area contributed by atoms with E-state index in [2.05, 4.69) is 10.3 Å². The average Bonchev–Trinajstić information content (AvgIpc) is 2.04. The summed E-state index contributed by atoms with van der Waals surface area (Å²) in [7, 11) is 1.78. The van der Waals surface area contributed by atoms with Gasteiger partial charge in [0.1, 0.15) is 5.69 Å². The lowest BCUT2D eigenvalue weighted by Gasteiger charge is -1.91. The summed E-state index contributed by atoms with van der Waals surface area (Å²) in [5.74, 6) is 0. The maximum absolute atomic E-state index is 8.43. The van der Waals surface area contributed by atoms with Gasteiger partial charge in [-0.25, -0.2) is 0 Å². The van der Waals surface area contributed by atoms with E-state index in [1.54, 1.807) is 13.1 Å². The average molecular weight is 134 g/mol. The Bertz CT molecular complexity index is 262. The first-order chi connectivity index (χ1) is 4.88. The molecule has 3 nitrogen and oxygen atoms in total. The van der Waals surface area contributed by atoms with Crippen molar-refractivity contribution in [2.24, 2.45) is 0 Å². The van der Waals surface area contributed by atoms with Crippen LogP contribution < -0.4 is 5.32 Å². The summed E-state index contributed by atoms with van der Waals surface area (Å²) < 4.78 is 0. The number of nitrogens with zero attached hydrogens (tertiary/aromatic N) is 2. The van der Waals surface area contributed by atoms with Gasteiger partial charge in [0.05, 0.1) is 0 Å². The van der Waals surface area contributed by atoms with Crippen LogP contribution in [0.3, 0.4) is 0 Å². The second-order valence-electron chi connectivity index (χ2n) is 1.87. The fraction of sp³-hybridized carbons (Fsp3) is 0.143. The molecule has 0 aliphatic rings. The van der Waals surface area contributed by atoms with E-state index in [-0.39, 0.29) is 0 Å². The van der Waals surface area contributed by atoms with Crippen molar-refractivity contribution in [1.82, 2.24) is 0 Å². The summed E-state index contributed by atoms with van der Waals surface area (Å²) in [6, 6.07) is 7.26. The quantitative estimate of drug-likeness (QED) is 0.598. The van der Waals surface area contributed by atoms with Crippen molar-refractivity contribution in [2.75, 3.05) is 12.4 Å². The molecule has 0 saturated carbocycles. The monoisotopic (exact) mass is 134 g/mol. The topological polar surface area (TPSA) is 40.2 Å². The molecular weight excluding hydrogens is 126 g/mol. The first-order valence-corrected chi connectivity index (χ1v) is 3.00. The summed E-state index contributed by atoms with van der Waals surface area (Å²) in [6.07, 6.45) is 0. The van der Waals surface area contributed by atoms with E-state index in [4.69, 9.17) is 5.39 Å². The van der Waals surface area contributed by atoms with Crippen molar-refractivity contribution in [3.8, 4) is 0 Å². The Morgan fingerprint density at radius 3 is 2.60 bits per heavy atom. The Kier molecular flexibility index (Phi) is 1.86. The van der Waals surface area contributed by atoms with Crippen molar-refractivity contribution in [1.29, 1.82) is 5.39 Å². The van der Waals surface area contributed by atoms with E-state index >= 15 is 0 Å². The van der Waals surface area contributed by atoms with Gasteiger partial charge in [0.25, 0.3) is 0 Å². The molecule has 0 aliphatic carbocycles. The Morgan fingerprint density at radius 1 is 1.40 bits per heavy atom. The van der Waals surface area contributed by atoms with Gasteiger partial charge in [0.2, 0.25) is 5.39 Å². The Balaban J connectivity index is 3.12. The standard InChI is InChI=1S/C7H8N3/c1-9-6-4-2-3-5-7(6)10-8/h2-5,9H,1H3/q+1. The summed E-state index contributed by atoms with van der Waals surface area (Å²) >= 11 is 0. The lowest BCUT2D eigenvalue weighted by atomic mass is 10.3. The molecular formula is C7H8N3+. The lowest BCUT2D eigenvalue weighted by Crippen LogP contribution is -1.85. The molecule has 0 atom stereocenters. The van der Waals surface area contributed by atoms with Crippen LogP contribution in [-0.4, -0.2) is 7.05 Å². The van der Waals surface area contributed by atoms with Gasteiger partial charge in [0, 0.05) is 13.1 Å². The van der Waals surface area contributed by atoms with Crippen LogP contribution in [0.4, 0.5) is 11.4 Å². The SMILES string of the molecule is CNc1ccccc1[N+]#N. The Morgan fingerprint density at radius 2 is 2.10 bits per heavy atom. The zero-order chi connectivity index (χ0) is 7.40. The summed E-state index contributed by atoms with van der Waals surface area (Å²) in [6.45, 7) is 0. The van der Waals surface area contributed by atoms with E-state index in [1.807, 2.05) is 18.2 Å². The zero-order valence-corrected chi connectivity index (χ0v) is 5.70. The third-order valence-corrected chi connectivity index (χ3v) is 1.28. The van der Waals surface area contributed by atoms with E-state index in [0.717, 1.165) is 5.69 Å². The number of hydrogen-bond acceptors (Lipinski definition) is 2. The van der Waals surface area contributed by atoms with Crippen molar-refractivity contribution >= 4 is 11.4 Å². The van der Waals surface area contributed by atoms with Gasteiger partial charge in [-0.15, -0.1) is 0 Å². The maximum atomic E-state index is 8.43. The van der Waals surface area contributed by atoms with Crippen LogP contribution in [-0.2, 0) is 0 Å². The maximum Gasteiger partial charge on any atom is 0.407 e. The largest absolute Gasteiger partial charge is 0.407 e. The molecule has 0 radical (unpaired) electrons. The Labute approximate surface area is 59.3 Å². The summed E-state index contributed by atoms with van der Waals surface area (Å²) in [5, 5.41) is 11.3. The molecule has 0 spiro atoms. The highest BCUT2D eigenvalue weighted by atomic mass is 14.9. The predicted octanol–water partition coefficient (Wildman–Crippen LogP) is 2.21. The van der Waals surface area contributed by atoms with Crippen LogP contribution >= 0.6 is 0 Å². The number of anilines is 1. The first-order valence-electron chi connectivity index (χ1n) is 3.00. The highest BCUT2D eigenvalue weighted by molar-refractivity contribution is 5.68. The van der Waals surface area contributed by atoms with E-state index in [1.165, 1.54) is 0 Å². The van der Waals surface area contributed by atoms with E-state index in [0.29, 0.717) is 5.69 Å². The Hall–Kier alpha value is -1.56. The van der Waals surface area contributed by atoms with Crippen molar-refractivity contribution < 1.29 is 0 Å². The third-order valence-electron chi connectivity index (χ3n) is 1.28. The van der Waals surface area contributed by atoms with Crippen molar-refractivity contribution in [3.05, 3.63) is 29.2 Å².